The molecule has 0 spiro atoms. The molecule has 0 radical (unpaired) electrons. The number of halogens is 1. The molecule has 1 atom stereocenters. The van der Waals surface area contributed by atoms with E-state index in [1.165, 1.54) is 0 Å². The van der Waals surface area contributed by atoms with Gasteiger partial charge in [0, 0.05) is 12.8 Å². The van der Waals surface area contributed by atoms with Crippen LogP contribution in [0.15, 0.2) is 0 Å². The second-order valence-electron chi connectivity index (χ2n) is 3.72. The summed E-state index contributed by atoms with van der Waals surface area (Å²) in [7, 11) is 0. The average Bonchev–Trinajstić information content (AvgIpc) is 2.10. The summed E-state index contributed by atoms with van der Waals surface area (Å²) in [5, 5.41) is 9.23. The van der Waals surface area contributed by atoms with Gasteiger partial charge < -0.3 is 5.11 Å². The van der Waals surface area contributed by atoms with E-state index in [1.54, 1.807) is 0 Å². The van der Waals surface area contributed by atoms with Crippen LogP contribution in [0.1, 0.15) is 19.8 Å². The second-order valence-corrected chi connectivity index (χ2v) is 4.03. The Kier molecular flexibility index (Phi) is 3.89. The minimum atomic E-state index is -0.821. The fourth-order valence-electron chi connectivity index (χ4n) is 1.49. The number of amides is 2. The molecule has 0 bridgehead atoms. The number of carbonyl (C=O) groups excluding carboxylic acids is 2. The predicted octanol–water partition coefficient (Wildman–Crippen LogP) is 0.371. The van der Waals surface area contributed by atoms with Gasteiger partial charge in [0.25, 0.3) is 0 Å². The molecule has 1 aliphatic heterocycles. The van der Waals surface area contributed by atoms with Crippen molar-refractivity contribution >= 4 is 23.4 Å². The van der Waals surface area contributed by atoms with Gasteiger partial charge >= 0.3 is 0 Å². The van der Waals surface area contributed by atoms with Crippen molar-refractivity contribution in [1.82, 2.24) is 4.90 Å². The maximum absolute atomic E-state index is 11.4. The number of hydrogen-bond acceptors (Lipinski definition) is 3. The van der Waals surface area contributed by atoms with Gasteiger partial charge in [-0.2, -0.15) is 0 Å². The highest BCUT2D eigenvalue weighted by Crippen LogP contribution is 2.18. The molecule has 14 heavy (non-hydrogen) atoms. The number of rotatable bonds is 3. The second kappa shape index (κ2) is 4.75. The quantitative estimate of drug-likeness (QED) is 0.551. The Morgan fingerprint density at radius 1 is 1.50 bits per heavy atom. The fraction of sp³-hybridized carbons (Fsp3) is 0.778. The van der Waals surface area contributed by atoms with E-state index in [4.69, 9.17) is 11.6 Å². The Hall–Kier alpha value is -0.610. The third-order valence-electron chi connectivity index (χ3n) is 2.22. The van der Waals surface area contributed by atoms with Crippen molar-refractivity contribution < 1.29 is 14.7 Å². The van der Waals surface area contributed by atoms with Gasteiger partial charge in [0.2, 0.25) is 11.8 Å². The lowest BCUT2D eigenvalue weighted by Crippen LogP contribution is -2.46. The zero-order valence-corrected chi connectivity index (χ0v) is 8.83. The van der Waals surface area contributed by atoms with Crippen molar-refractivity contribution in [2.45, 2.75) is 25.9 Å². The van der Waals surface area contributed by atoms with Gasteiger partial charge in [0.1, 0.15) is 0 Å². The summed E-state index contributed by atoms with van der Waals surface area (Å²) in [6.45, 7) is 1.89. The highest BCUT2D eigenvalue weighted by atomic mass is 35.5. The number of β-amino-alcohol motifs (C(OH)–C–C–N with tert-alkyl or cyclic N) is 1. The number of aliphatic hydroxyl groups is 1. The van der Waals surface area contributed by atoms with Crippen LogP contribution in [0, 0.1) is 5.92 Å². The van der Waals surface area contributed by atoms with Crippen LogP contribution in [0.2, 0.25) is 0 Å². The molecule has 2 amide bonds. The molecular weight excluding hydrogens is 206 g/mol. The molecule has 5 heteroatoms. The zero-order chi connectivity index (χ0) is 10.7. The van der Waals surface area contributed by atoms with Gasteiger partial charge in [-0.1, -0.05) is 6.92 Å². The smallest absolute Gasteiger partial charge is 0.229 e. The molecule has 1 unspecified atom stereocenters. The number of carbonyl (C=O) groups is 2. The molecule has 0 aliphatic carbocycles. The Morgan fingerprint density at radius 2 is 2.00 bits per heavy atom. The van der Waals surface area contributed by atoms with E-state index in [0.29, 0.717) is 12.8 Å². The molecular formula is C9H14ClNO3. The fourth-order valence-corrected chi connectivity index (χ4v) is 1.59. The molecule has 1 saturated heterocycles. The van der Waals surface area contributed by atoms with Crippen molar-refractivity contribution in [3.63, 3.8) is 0 Å². The van der Waals surface area contributed by atoms with Crippen molar-refractivity contribution in [3.8, 4) is 0 Å². The Labute approximate surface area is 87.8 Å². The molecule has 80 valence electrons. The van der Waals surface area contributed by atoms with Crippen LogP contribution in [-0.4, -0.2) is 40.3 Å². The molecule has 4 nitrogen and oxygen atoms in total. The van der Waals surface area contributed by atoms with Crippen LogP contribution < -0.4 is 0 Å². The summed E-state index contributed by atoms with van der Waals surface area (Å²) < 4.78 is 0. The SMILES string of the molecule is CC1CC(=O)N(CC(O)CCl)C(=O)C1. The van der Waals surface area contributed by atoms with Gasteiger partial charge in [-0.15, -0.1) is 11.6 Å². The highest BCUT2D eigenvalue weighted by Gasteiger charge is 2.31. The van der Waals surface area contributed by atoms with Gasteiger partial charge in [0.15, 0.2) is 0 Å². The molecule has 0 aromatic heterocycles. The summed E-state index contributed by atoms with van der Waals surface area (Å²) in [6.07, 6.45) is -0.0698. The summed E-state index contributed by atoms with van der Waals surface area (Å²) in [5.41, 5.74) is 0. The summed E-state index contributed by atoms with van der Waals surface area (Å²) in [6, 6.07) is 0. The lowest BCUT2D eigenvalue weighted by Gasteiger charge is -2.29. The molecule has 1 fully saturated rings. The summed E-state index contributed by atoms with van der Waals surface area (Å²) in [5.74, 6) is -0.276. The van der Waals surface area contributed by atoms with Crippen LogP contribution in [0.25, 0.3) is 0 Å². The first-order chi connectivity index (χ1) is 6.54. The number of alkyl halides is 1. The maximum atomic E-state index is 11.4. The van der Waals surface area contributed by atoms with E-state index >= 15 is 0 Å². The first-order valence-electron chi connectivity index (χ1n) is 4.61. The first kappa shape index (κ1) is 11.5. The highest BCUT2D eigenvalue weighted by molar-refractivity contribution is 6.18. The molecule has 1 N–H and O–H groups in total. The maximum Gasteiger partial charge on any atom is 0.229 e. The van der Waals surface area contributed by atoms with Crippen LogP contribution in [-0.2, 0) is 9.59 Å². The van der Waals surface area contributed by atoms with E-state index in [2.05, 4.69) is 0 Å². The van der Waals surface area contributed by atoms with Gasteiger partial charge in [-0.3, -0.25) is 14.5 Å². The first-order valence-corrected chi connectivity index (χ1v) is 5.15. The normalized spacial score (nSPS) is 21.5. The molecule has 0 aromatic carbocycles. The molecule has 1 heterocycles. The van der Waals surface area contributed by atoms with Crippen LogP contribution in [0.3, 0.4) is 0 Å². The monoisotopic (exact) mass is 219 g/mol. The Bertz CT molecular complexity index is 226. The Balaban J connectivity index is 2.59. The lowest BCUT2D eigenvalue weighted by atomic mass is 9.97. The third kappa shape index (κ3) is 2.69. The van der Waals surface area contributed by atoms with E-state index in [0.717, 1.165) is 4.90 Å². The average molecular weight is 220 g/mol. The lowest BCUT2D eigenvalue weighted by molar-refractivity contribution is -0.151. The molecule has 1 rings (SSSR count). The van der Waals surface area contributed by atoms with Crippen molar-refractivity contribution in [1.29, 1.82) is 0 Å². The topological polar surface area (TPSA) is 57.6 Å². The summed E-state index contributed by atoms with van der Waals surface area (Å²) >= 11 is 5.40. The minimum Gasteiger partial charge on any atom is -0.390 e. The standard InChI is InChI=1S/C9H14ClNO3/c1-6-2-8(13)11(9(14)3-6)5-7(12)4-10/h6-7,12H,2-5H2,1H3. The predicted molar refractivity (Wildman–Crippen MR) is 51.8 cm³/mol. The number of piperidine rings is 1. The number of aliphatic hydroxyl groups excluding tert-OH is 1. The number of imide groups is 1. The van der Waals surface area contributed by atoms with Crippen molar-refractivity contribution in [2.75, 3.05) is 12.4 Å². The van der Waals surface area contributed by atoms with Crippen molar-refractivity contribution in [2.24, 2.45) is 5.92 Å². The zero-order valence-electron chi connectivity index (χ0n) is 8.07. The number of hydrogen-bond donors (Lipinski definition) is 1. The van der Waals surface area contributed by atoms with E-state index in [9.17, 15) is 14.7 Å². The van der Waals surface area contributed by atoms with E-state index in [1.807, 2.05) is 6.92 Å². The largest absolute Gasteiger partial charge is 0.390 e. The number of nitrogens with zero attached hydrogens (tertiary/aromatic N) is 1. The van der Waals surface area contributed by atoms with Crippen LogP contribution >= 0.6 is 11.6 Å². The van der Waals surface area contributed by atoms with Crippen LogP contribution in [0.5, 0.6) is 0 Å². The number of likely N-dealkylation sites (tertiary alicyclic amines) is 1. The van der Waals surface area contributed by atoms with E-state index < -0.39 is 6.10 Å². The molecule has 0 saturated carbocycles. The van der Waals surface area contributed by atoms with Crippen molar-refractivity contribution in [3.05, 3.63) is 0 Å². The minimum absolute atomic E-state index is 0.0217. The van der Waals surface area contributed by atoms with Crippen LogP contribution in [0.4, 0.5) is 0 Å². The van der Waals surface area contributed by atoms with Gasteiger partial charge in [0.05, 0.1) is 18.5 Å². The van der Waals surface area contributed by atoms with Gasteiger partial charge in [-0.05, 0) is 5.92 Å². The summed E-state index contributed by atoms with van der Waals surface area (Å²) in [4.78, 5) is 23.9. The third-order valence-corrected chi connectivity index (χ3v) is 2.58. The van der Waals surface area contributed by atoms with E-state index in [-0.39, 0.29) is 30.2 Å². The Morgan fingerprint density at radius 3 is 2.43 bits per heavy atom. The van der Waals surface area contributed by atoms with Gasteiger partial charge in [-0.25, -0.2) is 0 Å². The molecule has 0 aromatic rings. The molecule has 1 aliphatic rings.